The van der Waals surface area contributed by atoms with E-state index in [2.05, 4.69) is 278 Å². The molecule has 12 rings (SSSR count). The van der Waals surface area contributed by atoms with E-state index in [1.165, 1.54) is 93.5 Å². The molecule has 1 heteroatoms. The van der Waals surface area contributed by atoms with Gasteiger partial charge in [0.25, 0.3) is 0 Å². The molecule has 12 aromatic carbocycles. The molecule has 0 N–H and O–H groups in total. The van der Waals surface area contributed by atoms with Crippen LogP contribution in [-0.4, -0.2) is 0 Å². The van der Waals surface area contributed by atoms with Gasteiger partial charge in [-0.3, -0.25) is 0 Å². The molecule has 0 aliphatic carbocycles. The molecule has 0 atom stereocenters. The summed E-state index contributed by atoms with van der Waals surface area (Å²) < 4.78 is 0. The highest BCUT2D eigenvalue weighted by molar-refractivity contribution is 6.14. The van der Waals surface area contributed by atoms with Crippen molar-refractivity contribution in [2.24, 2.45) is 0 Å². The van der Waals surface area contributed by atoms with Crippen LogP contribution in [0.1, 0.15) is 0 Å². The van der Waals surface area contributed by atoms with Crippen molar-refractivity contribution in [3.05, 3.63) is 273 Å². The number of hydrogen-bond acceptors (Lipinski definition) is 1. The summed E-state index contributed by atoms with van der Waals surface area (Å²) in [4.78, 5) is 2.38. The van der Waals surface area contributed by atoms with Gasteiger partial charge in [-0.05, 0) is 142 Å². The molecule has 67 heavy (non-hydrogen) atoms. The first-order chi connectivity index (χ1) is 33.2. The molecule has 0 aromatic heterocycles. The Kier molecular flexibility index (Phi) is 10.3. The second-order valence-corrected chi connectivity index (χ2v) is 17.2. The molecule has 12 aromatic rings. The molecule has 0 unspecified atom stereocenters. The van der Waals surface area contributed by atoms with E-state index in [0.29, 0.717) is 0 Å². The molecule has 0 saturated carbocycles. The van der Waals surface area contributed by atoms with Gasteiger partial charge < -0.3 is 4.90 Å². The zero-order chi connectivity index (χ0) is 44.5. The predicted molar refractivity (Wildman–Crippen MR) is 286 cm³/mol. The van der Waals surface area contributed by atoms with Gasteiger partial charge in [0.2, 0.25) is 0 Å². The van der Waals surface area contributed by atoms with Crippen LogP contribution in [0.2, 0.25) is 0 Å². The number of nitrogens with zero attached hydrogens (tertiary/aromatic N) is 1. The van der Waals surface area contributed by atoms with Crippen LogP contribution in [0.5, 0.6) is 0 Å². The summed E-state index contributed by atoms with van der Waals surface area (Å²) in [5, 5.41) is 7.55. The lowest BCUT2D eigenvalue weighted by Gasteiger charge is -2.26. The second kappa shape index (κ2) is 17.3. The summed E-state index contributed by atoms with van der Waals surface area (Å²) >= 11 is 0. The first kappa shape index (κ1) is 39.8. The fourth-order valence-electron chi connectivity index (χ4n) is 10.1. The van der Waals surface area contributed by atoms with Crippen molar-refractivity contribution in [1.82, 2.24) is 0 Å². The first-order valence-electron chi connectivity index (χ1n) is 23.1. The lowest BCUT2D eigenvalue weighted by Crippen LogP contribution is -2.09. The van der Waals surface area contributed by atoms with Gasteiger partial charge in [-0.25, -0.2) is 0 Å². The van der Waals surface area contributed by atoms with Gasteiger partial charge in [0.15, 0.2) is 0 Å². The normalized spacial score (nSPS) is 11.3. The molecule has 1 nitrogen and oxygen atoms in total. The van der Waals surface area contributed by atoms with Gasteiger partial charge in [-0.2, -0.15) is 0 Å². The Labute approximate surface area is 392 Å². The number of rotatable bonds is 9. The molecule has 0 saturated heterocycles. The molecule has 0 amide bonds. The van der Waals surface area contributed by atoms with E-state index >= 15 is 0 Å². The smallest absolute Gasteiger partial charge is 0.0462 e. The third-order valence-corrected chi connectivity index (χ3v) is 13.3. The van der Waals surface area contributed by atoms with Crippen LogP contribution in [0.4, 0.5) is 17.1 Å². The number of hydrogen-bond donors (Lipinski definition) is 0. The van der Waals surface area contributed by atoms with Crippen molar-refractivity contribution in [2.75, 3.05) is 4.90 Å². The maximum absolute atomic E-state index is 2.38. The quantitative estimate of drug-likeness (QED) is 0.131. The third kappa shape index (κ3) is 7.43. The Bertz CT molecular complexity index is 3710. The van der Waals surface area contributed by atoms with Crippen molar-refractivity contribution in [3.63, 3.8) is 0 Å². The first-order valence-corrected chi connectivity index (χ1v) is 23.1. The Morgan fingerprint density at radius 3 is 1.07 bits per heavy atom. The fraction of sp³-hybridized carbons (Fsp3) is 0. The highest BCUT2D eigenvalue weighted by atomic mass is 15.1. The van der Waals surface area contributed by atoms with Crippen molar-refractivity contribution in [2.45, 2.75) is 0 Å². The number of anilines is 3. The summed E-state index contributed by atoms with van der Waals surface area (Å²) in [6.07, 6.45) is 0. The molecule has 0 bridgehead atoms. The van der Waals surface area contributed by atoms with E-state index in [0.717, 1.165) is 22.6 Å². The molecule has 0 radical (unpaired) electrons. The standard InChI is InChI=1S/C66H45N/c1-2-17-46(18-3-1)57-23-8-10-26-60(57)63-29-13-14-30-64(63)61-27-11-9-24-58(61)49-35-41-53(42-36-49)67(52-39-33-48(34-40-52)56-32-16-21-47-19-4-6-22-55(47)56)54-43-37-50(38-44-54)66-45-51-20-5-7-25-59(51)62-28-12-15-31-65(62)66/h1-45H. The fourth-order valence-corrected chi connectivity index (χ4v) is 10.1. The van der Waals surface area contributed by atoms with E-state index < -0.39 is 0 Å². The van der Waals surface area contributed by atoms with Crippen LogP contribution in [0.3, 0.4) is 0 Å². The van der Waals surface area contributed by atoms with Crippen LogP contribution in [0, 0.1) is 0 Å². The lowest BCUT2D eigenvalue weighted by atomic mass is 9.87. The van der Waals surface area contributed by atoms with Crippen LogP contribution in [0.15, 0.2) is 273 Å². The van der Waals surface area contributed by atoms with Gasteiger partial charge >= 0.3 is 0 Å². The summed E-state index contributed by atoms with van der Waals surface area (Å²) in [6, 6.07) is 99.3. The molecule has 0 fully saturated rings. The highest BCUT2D eigenvalue weighted by Gasteiger charge is 2.18. The number of fused-ring (bicyclic) bond motifs is 4. The van der Waals surface area contributed by atoms with E-state index in [1.807, 2.05) is 0 Å². The topological polar surface area (TPSA) is 3.24 Å². The minimum absolute atomic E-state index is 1.08. The third-order valence-electron chi connectivity index (χ3n) is 13.3. The Morgan fingerprint density at radius 1 is 0.179 bits per heavy atom. The summed E-state index contributed by atoms with van der Waals surface area (Å²) in [5.74, 6) is 0. The summed E-state index contributed by atoms with van der Waals surface area (Å²) in [6.45, 7) is 0. The van der Waals surface area contributed by atoms with Gasteiger partial charge in [-0.15, -0.1) is 0 Å². The monoisotopic (exact) mass is 851 g/mol. The van der Waals surface area contributed by atoms with E-state index in [1.54, 1.807) is 0 Å². The Hall–Kier alpha value is -8.78. The van der Waals surface area contributed by atoms with Gasteiger partial charge in [0.1, 0.15) is 0 Å². The Morgan fingerprint density at radius 2 is 0.522 bits per heavy atom. The van der Waals surface area contributed by atoms with E-state index in [9.17, 15) is 0 Å². The maximum atomic E-state index is 2.38. The van der Waals surface area contributed by atoms with Crippen LogP contribution in [0.25, 0.3) is 99.1 Å². The summed E-state index contributed by atoms with van der Waals surface area (Å²) in [7, 11) is 0. The van der Waals surface area contributed by atoms with Crippen molar-refractivity contribution >= 4 is 49.4 Å². The van der Waals surface area contributed by atoms with Crippen molar-refractivity contribution in [3.8, 4) is 66.8 Å². The lowest BCUT2D eigenvalue weighted by molar-refractivity contribution is 1.28. The van der Waals surface area contributed by atoms with Gasteiger partial charge in [-0.1, -0.05) is 231 Å². The summed E-state index contributed by atoms with van der Waals surface area (Å²) in [5.41, 5.74) is 17.7. The molecule has 0 spiro atoms. The maximum Gasteiger partial charge on any atom is 0.0462 e. The Balaban J connectivity index is 0.945. The van der Waals surface area contributed by atoms with Crippen LogP contribution in [-0.2, 0) is 0 Å². The predicted octanol–water partition coefficient (Wildman–Crippen LogP) is 18.6. The van der Waals surface area contributed by atoms with Crippen molar-refractivity contribution in [1.29, 1.82) is 0 Å². The largest absolute Gasteiger partial charge is 0.311 e. The SMILES string of the molecule is c1ccc(-c2ccccc2-c2ccccc2-c2ccccc2-c2ccc(N(c3ccc(-c4cccc5ccccc45)cc3)c3ccc(-c4cc5ccccc5c5ccccc45)cc3)cc2)cc1. The van der Waals surface area contributed by atoms with Crippen LogP contribution >= 0.6 is 0 Å². The molecule has 314 valence electrons. The van der Waals surface area contributed by atoms with Crippen LogP contribution < -0.4 is 4.90 Å². The zero-order valence-electron chi connectivity index (χ0n) is 36.9. The number of benzene rings is 12. The van der Waals surface area contributed by atoms with Gasteiger partial charge in [0, 0.05) is 17.1 Å². The van der Waals surface area contributed by atoms with E-state index in [-0.39, 0.29) is 0 Å². The average Bonchev–Trinajstić information content (AvgIpc) is 3.41. The zero-order valence-corrected chi connectivity index (χ0v) is 36.9. The molecular weight excluding hydrogens is 807 g/mol. The highest BCUT2D eigenvalue weighted by Crippen LogP contribution is 2.44. The minimum atomic E-state index is 1.08. The average molecular weight is 852 g/mol. The minimum Gasteiger partial charge on any atom is -0.311 e. The molecule has 0 aliphatic heterocycles. The molecule has 0 aliphatic rings. The second-order valence-electron chi connectivity index (χ2n) is 17.2. The molecular formula is C66H45N. The van der Waals surface area contributed by atoms with Crippen molar-refractivity contribution < 1.29 is 0 Å². The molecule has 0 heterocycles. The van der Waals surface area contributed by atoms with E-state index in [4.69, 9.17) is 0 Å². The van der Waals surface area contributed by atoms with Gasteiger partial charge in [0.05, 0.1) is 0 Å².